The number of H-pyrrole nitrogens is 2. The molecular formula is C13H17N3O2. The van der Waals surface area contributed by atoms with Crippen LogP contribution in [0.4, 0.5) is 5.69 Å². The summed E-state index contributed by atoms with van der Waals surface area (Å²) in [5.41, 5.74) is 2.55. The molecular weight excluding hydrogens is 230 g/mol. The Hall–Kier alpha value is -1.75. The quantitative estimate of drug-likeness (QED) is 0.756. The van der Waals surface area contributed by atoms with Gasteiger partial charge in [0.05, 0.1) is 17.6 Å². The minimum absolute atomic E-state index is 0.165. The van der Waals surface area contributed by atoms with Crippen molar-refractivity contribution >= 4 is 16.7 Å². The summed E-state index contributed by atoms with van der Waals surface area (Å²) < 4.78 is 5.43. The molecule has 0 saturated carbocycles. The van der Waals surface area contributed by atoms with E-state index in [1.54, 1.807) is 0 Å². The van der Waals surface area contributed by atoms with Gasteiger partial charge in [-0.3, -0.25) is 0 Å². The van der Waals surface area contributed by atoms with E-state index in [9.17, 15) is 4.79 Å². The van der Waals surface area contributed by atoms with Crippen LogP contribution in [0.2, 0.25) is 0 Å². The highest BCUT2D eigenvalue weighted by Crippen LogP contribution is 2.21. The third kappa shape index (κ3) is 2.13. The van der Waals surface area contributed by atoms with E-state index in [0.29, 0.717) is 12.0 Å². The van der Waals surface area contributed by atoms with Crippen LogP contribution < -0.4 is 11.0 Å². The maximum atomic E-state index is 11.2. The Morgan fingerprint density at radius 1 is 1.33 bits per heavy atom. The summed E-state index contributed by atoms with van der Waals surface area (Å²) in [4.78, 5) is 16.7. The molecule has 18 heavy (non-hydrogen) atoms. The molecule has 3 rings (SSSR count). The zero-order valence-corrected chi connectivity index (χ0v) is 10.3. The van der Waals surface area contributed by atoms with E-state index in [-0.39, 0.29) is 5.69 Å². The Balaban J connectivity index is 1.83. The van der Waals surface area contributed by atoms with E-state index >= 15 is 0 Å². The van der Waals surface area contributed by atoms with Crippen molar-refractivity contribution in [3.8, 4) is 0 Å². The van der Waals surface area contributed by atoms with E-state index in [2.05, 4.69) is 22.2 Å². The van der Waals surface area contributed by atoms with Crippen molar-refractivity contribution in [1.82, 2.24) is 9.97 Å². The van der Waals surface area contributed by atoms with Crippen LogP contribution in [-0.2, 0) is 4.74 Å². The first-order chi connectivity index (χ1) is 8.72. The first-order valence-corrected chi connectivity index (χ1v) is 6.29. The number of rotatable bonds is 2. The van der Waals surface area contributed by atoms with Crippen molar-refractivity contribution in [2.75, 3.05) is 18.5 Å². The van der Waals surface area contributed by atoms with E-state index in [4.69, 9.17) is 4.74 Å². The molecule has 0 aliphatic carbocycles. The number of hydrogen-bond donors (Lipinski definition) is 3. The van der Waals surface area contributed by atoms with Crippen molar-refractivity contribution < 1.29 is 4.74 Å². The van der Waals surface area contributed by atoms with Gasteiger partial charge in [0.2, 0.25) is 0 Å². The number of aromatic nitrogens is 2. The SMILES string of the molecule is CC1COCCC1Nc1ccc2[nH]c(=O)[nH]c2c1. The first-order valence-electron chi connectivity index (χ1n) is 6.29. The number of ether oxygens (including phenoxy) is 1. The number of nitrogens with one attached hydrogen (secondary N) is 3. The predicted octanol–water partition coefficient (Wildman–Crippen LogP) is 1.69. The van der Waals surface area contributed by atoms with Crippen molar-refractivity contribution in [1.29, 1.82) is 0 Å². The summed E-state index contributed by atoms with van der Waals surface area (Å²) in [7, 11) is 0. The zero-order valence-electron chi connectivity index (χ0n) is 10.3. The summed E-state index contributed by atoms with van der Waals surface area (Å²) in [6.45, 7) is 3.81. The van der Waals surface area contributed by atoms with E-state index in [1.165, 1.54) is 0 Å². The first kappa shape index (κ1) is 11.3. The average Bonchev–Trinajstić information content (AvgIpc) is 2.71. The van der Waals surface area contributed by atoms with E-state index < -0.39 is 0 Å². The Morgan fingerprint density at radius 2 is 2.17 bits per heavy atom. The van der Waals surface area contributed by atoms with E-state index in [1.807, 2.05) is 18.2 Å². The number of anilines is 1. The molecule has 0 bridgehead atoms. The van der Waals surface area contributed by atoms with Gasteiger partial charge in [-0.15, -0.1) is 0 Å². The van der Waals surface area contributed by atoms with Gasteiger partial charge < -0.3 is 20.0 Å². The normalized spacial score (nSPS) is 24.3. The van der Waals surface area contributed by atoms with Gasteiger partial charge in [-0.1, -0.05) is 6.92 Å². The molecule has 5 nitrogen and oxygen atoms in total. The molecule has 2 unspecified atom stereocenters. The van der Waals surface area contributed by atoms with Gasteiger partial charge in [0.25, 0.3) is 0 Å². The van der Waals surface area contributed by atoms with E-state index in [0.717, 1.165) is 36.4 Å². The Kier molecular flexibility index (Phi) is 2.83. The highest BCUT2D eigenvalue weighted by atomic mass is 16.5. The summed E-state index contributed by atoms with van der Waals surface area (Å²) in [6.07, 6.45) is 1.02. The molecule has 1 fully saturated rings. The maximum Gasteiger partial charge on any atom is 0.323 e. The number of hydrogen-bond acceptors (Lipinski definition) is 3. The largest absolute Gasteiger partial charge is 0.382 e. The molecule has 1 saturated heterocycles. The summed E-state index contributed by atoms with van der Waals surface area (Å²) >= 11 is 0. The van der Waals surface area contributed by atoms with Crippen LogP contribution in [0.5, 0.6) is 0 Å². The minimum Gasteiger partial charge on any atom is -0.382 e. The lowest BCUT2D eigenvalue weighted by Gasteiger charge is -2.30. The van der Waals surface area contributed by atoms with Crippen molar-refractivity contribution in [2.24, 2.45) is 5.92 Å². The van der Waals surface area contributed by atoms with Gasteiger partial charge in [0, 0.05) is 18.3 Å². The Labute approximate surface area is 105 Å². The Bertz CT molecular complexity index is 602. The van der Waals surface area contributed by atoms with Crippen LogP contribution >= 0.6 is 0 Å². The zero-order chi connectivity index (χ0) is 12.5. The van der Waals surface area contributed by atoms with Crippen molar-refractivity contribution in [3.63, 3.8) is 0 Å². The molecule has 1 aliphatic heterocycles. The van der Waals surface area contributed by atoms with Crippen LogP contribution in [0, 0.1) is 5.92 Å². The summed E-state index contributed by atoms with van der Waals surface area (Å²) in [5, 5.41) is 3.52. The molecule has 0 radical (unpaired) electrons. The molecule has 5 heteroatoms. The number of benzene rings is 1. The molecule has 96 valence electrons. The second-order valence-electron chi connectivity index (χ2n) is 4.93. The molecule has 0 spiro atoms. The third-order valence-corrected chi connectivity index (χ3v) is 3.51. The molecule has 2 heterocycles. The highest BCUT2D eigenvalue weighted by molar-refractivity contribution is 5.78. The lowest BCUT2D eigenvalue weighted by molar-refractivity contribution is 0.0538. The van der Waals surface area contributed by atoms with Crippen LogP contribution in [-0.4, -0.2) is 29.2 Å². The van der Waals surface area contributed by atoms with Crippen LogP contribution in [0.1, 0.15) is 13.3 Å². The van der Waals surface area contributed by atoms with Gasteiger partial charge >= 0.3 is 5.69 Å². The summed E-state index contributed by atoms with van der Waals surface area (Å²) in [5.74, 6) is 0.500. The predicted molar refractivity (Wildman–Crippen MR) is 70.9 cm³/mol. The van der Waals surface area contributed by atoms with Gasteiger partial charge in [-0.2, -0.15) is 0 Å². The number of aromatic amines is 2. The standard InChI is InChI=1S/C13H17N3O2/c1-8-7-18-5-4-10(8)14-9-2-3-11-12(6-9)16-13(17)15-11/h2-3,6,8,10,14H,4-5,7H2,1H3,(H2,15,16,17). The molecule has 3 N–H and O–H groups in total. The van der Waals surface area contributed by atoms with Gasteiger partial charge in [-0.25, -0.2) is 4.79 Å². The smallest absolute Gasteiger partial charge is 0.323 e. The topological polar surface area (TPSA) is 69.9 Å². The fourth-order valence-electron chi connectivity index (χ4n) is 2.43. The highest BCUT2D eigenvalue weighted by Gasteiger charge is 2.21. The van der Waals surface area contributed by atoms with Crippen molar-refractivity contribution in [3.05, 3.63) is 28.7 Å². The average molecular weight is 247 g/mol. The molecule has 2 atom stereocenters. The molecule has 1 aromatic heterocycles. The van der Waals surface area contributed by atoms with Crippen LogP contribution in [0.15, 0.2) is 23.0 Å². The fourth-order valence-corrected chi connectivity index (χ4v) is 2.43. The van der Waals surface area contributed by atoms with Gasteiger partial charge in [0.1, 0.15) is 0 Å². The lowest BCUT2D eigenvalue weighted by atomic mass is 9.97. The second-order valence-corrected chi connectivity index (χ2v) is 4.93. The molecule has 1 aliphatic rings. The summed E-state index contributed by atoms with van der Waals surface area (Å²) in [6, 6.07) is 6.31. The minimum atomic E-state index is -0.165. The second kappa shape index (κ2) is 4.49. The maximum absolute atomic E-state index is 11.2. The van der Waals surface area contributed by atoms with Crippen molar-refractivity contribution in [2.45, 2.75) is 19.4 Å². The molecule has 2 aromatic rings. The molecule has 0 amide bonds. The van der Waals surface area contributed by atoms with Gasteiger partial charge in [0.15, 0.2) is 0 Å². The monoisotopic (exact) mass is 247 g/mol. The number of imidazole rings is 1. The fraction of sp³-hybridized carbons (Fsp3) is 0.462. The third-order valence-electron chi connectivity index (χ3n) is 3.51. The van der Waals surface area contributed by atoms with Gasteiger partial charge in [-0.05, 0) is 30.5 Å². The molecule has 1 aromatic carbocycles. The lowest BCUT2D eigenvalue weighted by Crippen LogP contribution is -2.35. The van der Waals surface area contributed by atoms with Crippen LogP contribution in [0.25, 0.3) is 11.0 Å². The van der Waals surface area contributed by atoms with Crippen LogP contribution in [0.3, 0.4) is 0 Å². The number of fused-ring (bicyclic) bond motifs is 1. The Morgan fingerprint density at radius 3 is 3.00 bits per heavy atom.